The minimum absolute atomic E-state index is 0.0141. The van der Waals surface area contributed by atoms with Crippen LogP contribution in [0.25, 0.3) is 0 Å². The number of anilines is 1. The summed E-state index contributed by atoms with van der Waals surface area (Å²) in [5.41, 5.74) is 4.88. The van der Waals surface area contributed by atoms with Crippen molar-refractivity contribution in [1.29, 1.82) is 0 Å². The summed E-state index contributed by atoms with van der Waals surface area (Å²) in [4.78, 5) is 33.8. The Balaban J connectivity index is 1.06. The lowest BCUT2D eigenvalue weighted by molar-refractivity contribution is -0.135. The van der Waals surface area contributed by atoms with Gasteiger partial charge in [-0.05, 0) is 75.0 Å². The predicted octanol–water partition coefficient (Wildman–Crippen LogP) is 3.00. The fourth-order valence-corrected chi connectivity index (χ4v) is 7.54. The summed E-state index contributed by atoms with van der Waals surface area (Å²) in [5, 5.41) is 14.6. The average molecular weight is 568 g/mol. The largest absolute Gasteiger partial charge is 0.394 e. The third-order valence-corrected chi connectivity index (χ3v) is 10.3. The normalized spacial score (nSPS) is 24.8. The van der Waals surface area contributed by atoms with Gasteiger partial charge in [-0.2, -0.15) is 5.10 Å². The number of piperazine rings is 1. The maximum absolute atomic E-state index is 13.8. The van der Waals surface area contributed by atoms with Crippen LogP contribution in [-0.2, 0) is 22.5 Å². The maximum atomic E-state index is 13.8. The van der Waals surface area contributed by atoms with Gasteiger partial charge in [0.15, 0.2) is 5.69 Å². The van der Waals surface area contributed by atoms with E-state index < -0.39 is 0 Å². The molecule has 214 valence electrons. The number of aliphatic hydroxyl groups excluding tert-OH is 1. The number of hydrogen-bond acceptors (Lipinski definition) is 6. The van der Waals surface area contributed by atoms with Gasteiger partial charge in [0, 0.05) is 54.7 Å². The summed E-state index contributed by atoms with van der Waals surface area (Å²) in [6.07, 6.45) is 5.68. The molecule has 2 aliphatic heterocycles. The van der Waals surface area contributed by atoms with Crippen molar-refractivity contribution >= 4 is 29.1 Å². The molecule has 10 heteroatoms. The molecular formula is C30H38ClN5O4. The van der Waals surface area contributed by atoms with E-state index in [4.69, 9.17) is 26.5 Å². The number of fused-ring (bicyclic) bond motifs is 3. The fourth-order valence-electron chi connectivity index (χ4n) is 7.37. The van der Waals surface area contributed by atoms with Crippen LogP contribution >= 0.6 is 11.6 Å². The SMILES string of the molecule is Cc1c(Cl)cccc1N1CCN(C(=O)Cn2nc(C(=O)N3CCC(OCCO)CC3)c3c2CC2C[C@@H]32)C2(CC2)C1. The van der Waals surface area contributed by atoms with Gasteiger partial charge in [-0.3, -0.25) is 14.3 Å². The van der Waals surface area contributed by atoms with Crippen molar-refractivity contribution in [1.82, 2.24) is 19.6 Å². The van der Waals surface area contributed by atoms with Gasteiger partial charge < -0.3 is 24.5 Å². The summed E-state index contributed by atoms with van der Waals surface area (Å²) < 4.78 is 7.53. The highest BCUT2D eigenvalue weighted by Gasteiger charge is 2.54. The van der Waals surface area contributed by atoms with Crippen molar-refractivity contribution in [2.24, 2.45) is 5.92 Å². The van der Waals surface area contributed by atoms with Crippen LogP contribution in [0.3, 0.4) is 0 Å². The first-order valence-corrected chi connectivity index (χ1v) is 15.2. The molecule has 1 N–H and O–H groups in total. The van der Waals surface area contributed by atoms with Crippen LogP contribution in [-0.4, -0.2) is 94.1 Å². The number of likely N-dealkylation sites (tertiary alicyclic amines) is 1. The smallest absolute Gasteiger partial charge is 0.274 e. The summed E-state index contributed by atoms with van der Waals surface area (Å²) in [6, 6.07) is 6.04. The van der Waals surface area contributed by atoms with E-state index in [-0.39, 0.29) is 36.6 Å². The molecule has 2 aromatic rings. The number of carbonyl (C=O) groups excluding carboxylic acids is 2. The lowest BCUT2D eigenvalue weighted by Crippen LogP contribution is -2.58. The molecule has 1 unspecified atom stereocenters. The lowest BCUT2D eigenvalue weighted by atomic mass is 10.1. The Labute approximate surface area is 240 Å². The second kappa shape index (κ2) is 10.0. The first-order chi connectivity index (χ1) is 19.4. The molecule has 4 fully saturated rings. The van der Waals surface area contributed by atoms with Gasteiger partial charge in [-0.1, -0.05) is 17.7 Å². The van der Waals surface area contributed by atoms with E-state index in [0.29, 0.717) is 43.8 Å². The standard InChI is InChI=1S/C30H38ClN5O4/c1-19-23(31)3-2-4-24(19)34-11-12-35(30(18-34)7-8-30)26(38)17-36-25-16-20-15-22(20)27(25)28(32-36)29(39)33-9-5-21(6-10-33)40-14-13-37/h2-4,20-22,37H,5-18H2,1H3/t20?,22-/m1/s1. The number of aromatic nitrogens is 2. The Morgan fingerprint density at radius 1 is 1.18 bits per heavy atom. The number of aliphatic hydroxyl groups is 1. The van der Waals surface area contributed by atoms with Gasteiger partial charge >= 0.3 is 0 Å². The molecule has 1 spiro atoms. The molecule has 9 nitrogen and oxygen atoms in total. The number of carbonyl (C=O) groups is 2. The van der Waals surface area contributed by atoms with Crippen molar-refractivity contribution in [2.45, 2.75) is 69.6 Å². The molecule has 3 aliphatic carbocycles. The summed E-state index contributed by atoms with van der Waals surface area (Å²) in [6.45, 7) is 6.14. The van der Waals surface area contributed by atoms with E-state index in [2.05, 4.69) is 22.8 Å². The minimum Gasteiger partial charge on any atom is -0.394 e. The van der Waals surface area contributed by atoms with Crippen LogP contribution in [0.4, 0.5) is 5.69 Å². The zero-order chi connectivity index (χ0) is 27.6. The Bertz CT molecular complexity index is 1330. The van der Waals surface area contributed by atoms with Crippen LogP contribution in [0, 0.1) is 12.8 Å². The third-order valence-electron chi connectivity index (χ3n) is 9.87. The van der Waals surface area contributed by atoms with Gasteiger partial charge in [0.05, 0.1) is 24.9 Å². The zero-order valence-electron chi connectivity index (χ0n) is 23.1. The van der Waals surface area contributed by atoms with Crippen LogP contribution in [0.15, 0.2) is 18.2 Å². The van der Waals surface area contributed by atoms with Gasteiger partial charge in [-0.25, -0.2) is 0 Å². The Morgan fingerprint density at radius 2 is 1.98 bits per heavy atom. The number of piperidine rings is 1. The minimum atomic E-state index is -0.121. The summed E-state index contributed by atoms with van der Waals surface area (Å²) >= 11 is 6.41. The van der Waals surface area contributed by atoms with Crippen LogP contribution in [0.2, 0.25) is 5.02 Å². The molecular weight excluding hydrogens is 530 g/mol. The van der Waals surface area contributed by atoms with E-state index >= 15 is 0 Å². The fraction of sp³-hybridized carbons (Fsp3) is 0.633. The Hall–Kier alpha value is -2.62. The molecule has 7 rings (SSSR count). The van der Waals surface area contributed by atoms with E-state index in [1.165, 1.54) is 0 Å². The number of rotatable bonds is 7. The van der Waals surface area contributed by atoms with Crippen molar-refractivity contribution < 1.29 is 19.4 Å². The molecule has 5 aliphatic rings. The maximum Gasteiger partial charge on any atom is 0.274 e. The highest BCUT2D eigenvalue weighted by Crippen LogP contribution is 2.57. The lowest BCUT2D eigenvalue weighted by Gasteiger charge is -2.43. The number of hydrogen-bond donors (Lipinski definition) is 1. The molecule has 2 saturated heterocycles. The number of halogens is 1. The molecule has 2 atom stereocenters. The van der Waals surface area contributed by atoms with Crippen molar-refractivity contribution in [3.8, 4) is 0 Å². The molecule has 2 amide bonds. The highest BCUT2D eigenvalue weighted by atomic mass is 35.5. The van der Waals surface area contributed by atoms with Crippen LogP contribution in [0.1, 0.15) is 65.3 Å². The topological polar surface area (TPSA) is 91.1 Å². The monoisotopic (exact) mass is 567 g/mol. The van der Waals surface area contributed by atoms with Crippen LogP contribution < -0.4 is 4.90 Å². The predicted molar refractivity (Wildman–Crippen MR) is 151 cm³/mol. The van der Waals surface area contributed by atoms with Gasteiger partial charge in [0.2, 0.25) is 5.91 Å². The van der Waals surface area contributed by atoms with Gasteiger partial charge in [0.25, 0.3) is 5.91 Å². The molecule has 0 radical (unpaired) electrons. The van der Waals surface area contributed by atoms with Crippen molar-refractivity contribution in [3.63, 3.8) is 0 Å². The van der Waals surface area contributed by atoms with E-state index in [9.17, 15) is 9.59 Å². The molecule has 40 heavy (non-hydrogen) atoms. The molecule has 1 aromatic heterocycles. The molecule has 1 aromatic carbocycles. The molecule has 2 saturated carbocycles. The average Bonchev–Trinajstić information content (AvgIpc) is 3.84. The molecule has 0 bridgehead atoms. The first kappa shape index (κ1) is 26.3. The summed E-state index contributed by atoms with van der Waals surface area (Å²) in [7, 11) is 0. The third kappa shape index (κ3) is 4.50. The van der Waals surface area contributed by atoms with Crippen molar-refractivity contribution in [2.75, 3.05) is 50.8 Å². The highest BCUT2D eigenvalue weighted by molar-refractivity contribution is 6.31. The Morgan fingerprint density at radius 3 is 2.73 bits per heavy atom. The van der Waals surface area contributed by atoms with Crippen LogP contribution in [0.5, 0.6) is 0 Å². The van der Waals surface area contributed by atoms with Gasteiger partial charge in [0.1, 0.15) is 6.54 Å². The second-order valence-corrected chi connectivity index (χ2v) is 12.7. The number of benzene rings is 1. The zero-order valence-corrected chi connectivity index (χ0v) is 23.9. The van der Waals surface area contributed by atoms with Gasteiger partial charge in [-0.15, -0.1) is 0 Å². The van der Waals surface area contributed by atoms with E-state index in [0.717, 1.165) is 79.1 Å². The molecule has 3 heterocycles. The van der Waals surface area contributed by atoms with E-state index in [1.54, 1.807) is 0 Å². The Kier molecular flexibility index (Phi) is 6.59. The number of ether oxygens (including phenoxy) is 1. The quantitative estimate of drug-likeness (QED) is 0.553. The number of nitrogens with zero attached hydrogens (tertiary/aromatic N) is 5. The van der Waals surface area contributed by atoms with E-state index in [1.807, 2.05) is 21.7 Å². The second-order valence-electron chi connectivity index (χ2n) is 12.3. The number of amides is 2. The van der Waals surface area contributed by atoms with Crippen molar-refractivity contribution in [3.05, 3.63) is 45.7 Å². The first-order valence-electron chi connectivity index (χ1n) is 14.8. The summed E-state index contributed by atoms with van der Waals surface area (Å²) in [5.74, 6) is 1.10.